The molecule has 1 N–H and O–H groups in total. The molecule has 0 unspecified atom stereocenters. The Labute approximate surface area is 110 Å². The van der Waals surface area contributed by atoms with E-state index < -0.39 is 4.92 Å². The molecular formula is C10H15ClN4O3. The van der Waals surface area contributed by atoms with E-state index >= 15 is 0 Å². The molecule has 0 aromatic carbocycles. The van der Waals surface area contributed by atoms with Crippen LogP contribution in [0.15, 0.2) is 0 Å². The topological polar surface area (TPSA) is 90.2 Å². The van der Waals surface area contributed by atoms with E-state index in [2.05, 4.69) is 15.3 Å². The van der Waals surface area contributed by atoms with Gasteiger partial charge in [-0.15, -0.1) is 0 Å². The van der Waals surface area contributed by atoms with Crippen molar-refractivity contribution in [3.05, 3.63) is 21.1 Å². The van der Waals surface area contributed by atoms with E-state index in [4.69, 9.17) is 16.3 Å². The smallest absolute Gasteiger partial charge is 0.348 e. The predicted molar refractivity (Wildman–Crippen MR) is 68.1 cm³/mol. The third kappa shape index (κ3) is 3.78. The van der Waals surface area contributed by atoms with Gasteiger partial charge in [0.05, 0.1) is 4.92 Å². The molecule has 0 bridgehead atoms. The first kappa shape index (κ1) is 14.6. The summed E-state index contributed by atoms with van der Waals surface area (Å²) < 4.78 is 4.89. The fraction of sp³-hybridized carbons (Fsp3) is 0.600. The Morgan fingerprint density at radius 3 is 2.78 bits per heavy atom. The predicted octanol–water partition coefficient (Wildman–Crippen LogP) is 2.05. The summed E-state index contributed by atoms with van der Waals surface area (Å²) in [5.41, 5.74) is -0.286. The highest BCUT2D eigenvalue weighted by Gasteiger charge is 2.22. The average Bonchev–Trinajstić information content (AvgIpc) is 2.33. The minimum atomic E-state index is -0.583. The van der Waals surface area contributed by atoms with Crippen LogP contribution in [0.1, 0.15) is 19.2 Å². The number of halogens is 1. The molecule has 0 fully saturated rings. The lowest BCUT2D eigenvalue weighted by Gasteiger charge is -2.08. The average molecular weight is 275 g/mol. The summed E-state index contributed by atoms with van der Waals surface area (Å²) in [7, 11) is 1.60. The maximum Gasteiger partial charge on any atom is 0.348 e. The van der Waals surface area contributed by atoms with Gasteiger partial charge < -0.3 is 10.1 Å². The molecule has 0 radical (unpaired) electrons. The number of nitrogens with zero attached hydrogens (tertiary/aromatic N) is 3. The van der Waals surface area contributed by atoms with Crippen molar-refractivity contribution in [2.45, 2.75) is 19.8 Å². The molecule has 8 heteroatoms. The molecule has 100 valence electrons. The zero-order valence-corrected chi connectivity index (χ0v) is 11.0. The van der Waals surface area contributed by atoms with Gasteiger partial charge in [0.25, 0.3) is 0 Å². The monoisotopic (exact) mass is 274 g/mol. The molecule has 1 heterocycles. The van der Waals surface area contributed by atoms with Gasteiger partial charge in [0, 0.05) is 26.7 Å². The summed E-state index contributed by atoms with van der Waals surface area (Å²) in [5.74, 6) is 0.632. The quantitative estimate of drug-likeness (QED) is 0.354. The molecule has 0 aliphatic heterocycles. The van der Waals surface area contributed by atoms with Gasteiger partial charge in [0.2, 0.25) is 11.0 Å². The van der Waals surface area contributed by atoms with Crippen LogP contribution in [-0.4, -0.2) is 35.2 Å². The van der Waals surface area contributed by atoms with Crippen molar-refractivity contribution in [1.29, 1.82) is 0 Å². The number of nitrogens with one attached hydrogen (secondary N) is 1. The second-order valence-corrected chi connectivity index (χ2v) is 3.87. The maximum absolute atomic E-state index is 10.9. The van der Waals surface area contributed by atoms with Crippen molar-refractivity contribution in [3.8, 4) is 0 Å². The zero-order valence-electron chi connectivity index (χ0n) is 10.3. The van der Waals surface area contributed by atoms with E-state index in [1.54, 1.807) is 7.11 Å². The zero-order chi connectivity index (χ0) is 13.5. The third-order valence-electron chi connectivity index (χ3n) is 2.20. The third-order valence-corrected chi connectivity index (χ3v) is 2.47. The molecule has 0 spiro atoms. The summed E-state index contributed by atoms with van der Waals surface area (Å²) in [6.07, 6.45) is 1.28. The largest absolute Gasteiger partial charge is 0.385 e. The van der Waals surface area contributed by atoms with Crippen LogP contribution in [0.25, 0.3) is 0 Å². The molecular weight excluding hydrogens is 260 g/mol. The fourth-order valence-electron chi connectivity index (χ4n) is 1.34. The van der Waals surface area contributed by atoms with Crippen LogP contribution in [0.5, 0.6) is 0 Å². The molecule has 1 aromatic rings. The van der Waals surface area contributed by atoms with Crippen molar-refractivity contribution < 1.29 is 9.66 Å². The molecule has 0 aliphatic rings. The lowest BCUT2D eigenvalue weighted by atomic mass is 10.4. The first-order chi connectivity index (χ1) is 8.60. The Balaban J connectivity index is 2.91. The summed E-state index contributed by atoms with van der Waals surface area (Å²) in [6.45, 7) is 2.94. The maximum atomic E-state index is 10.9. The SMILES string of the molecule is CCc1nc(Cl)c([N+](=O)[O-])c(NCCCOC)n1. The number of aryl methyl sites for hydroxylation is 1. The standard InChI is InChI=1S/C10H15ClN4O3/c1-3-7-13-9(11)8(15(16)17)10(14-7)12-5-4-6-18-2/h3-6H2,1-2H3,(H,12,13,14). The highest BCUT2D eigenvalue weighted by atomic mass is 35.5. The van der Waals surface area contributed by atoms with Crippen molar-refractivity contribution in [2.24, 2.45) is 0 Å². The molecule has 1 rings (SSSR count). The lowest BCUT2D eigenvalue weighted by molar-refractivity contribution is -0.384. The number of hydrogen-bond acceptors (Lipinski definition) is 6. The minimum absolute atomic E-state index is 0.138. The Bertz CT molecular complexity index is 428. The Morgan fingerprint density at radius 1 is 1.50 bits per heavy atom. The first-order valence-corrected chi connectivity index (χ1v) is 5.91. The van der Waals surface area contributed by atoms with Gasteiger partial charge in [-0.2, -0.15) is 0 Å². The van der Waals surface area contributed by atoms with Crippen LogP contribution in [0.3, 0.4) is 0 Å². The Morgan fingerprint density at radius 2 is 2.22 bits per heavy atom. The normalized spacial score (nSPS) is 10.4. The number of rotatable bonds is 7. The van der Waals surface area contributed by atoms with E-state index in [0.29, 0.717) is 25.4 Å². The summed E-state index contributed by atoms with van der Waals surface area (Å²) in [5, 5.41) is 13.7. The number of nitro groups is 1. The van der Waals surface area contributed by atoms with Gasteiger partial charge in [-0.05, 0) is 6.42 Å². The lowest BCUT2D eigenvalue weighted by Crippen LogP contribution is -2.10. The second-order valence-electron chi connectivity index (χ2n) is 3.51. The highest BCUT2D eigenvalue weighted by molar-refractivity contribution is 6.31. The highest BCUT2D eigenvalue weighted by Crippen LogP contribution is 2.29. The van der Waals surface area contributed by atoms with Crippen molar-refractivity contribution in [1.82, 2.24) is 9.97 Å². The second kappa shape index (κ2) is 7.07. The molecule has 0 aliphatic carbocycles. The van der Waals surface area contributed by atoms with Gasteiger partial charge in [0.15, 0.2) is 0 Å². The molecule has 0 saturated heterocycles. The number of hydrogen-bond donors (Lipinski definition) is 1. The van der Waals surface area contributed by atoms with E-state index in [-0.39, 0.29) is 16.7 Å². The van der Waals surface area contributed by atoms with Crippen LogP contribution < -0.4 is 5.32 Å². The summed E-state index contributed by atoms with van der Waals surface area (Å²) in [6, 6.07) is 0. The van der Waals surface area contributed by atoms with E-state index in [0.717, 1.165) is 6.42 Å². The first-order valence-electron chi connectivity index (χ1n) is 5.53. The van der Waals surface area contributed by atoms with Crippen LogP contribution in [0, 0.1) is 10.1 Å². The molecule has 18 heavy (non-hydrogen) atoms. The molecule has 1 aromatic heterocycles. The number of anilines is 1. The van der Waals surface area contributed by atoms with Gasteiger partial charge in [0.1, 0.15) is 5.82 Å². The summed E-state index contributed by atoms with van der Waals surface area (Å²) in [4.78, 5) is 18.3. The van der Waals surface area contributed by atoms with Gasteiger partial charge in [-0.3, -0.25) is 10.1 Å². The number of methoxy groups -OCH3 is 1. The van der Waals surface area contributed by atoms with E-state index in [1.165, 1.54) is 0 Å². The molecule has 7 nitrogen and oxygen atoms in total. The van der Waals surface area contributed by atoms with Crippen LogP contribution in [0.4, 0.5) is 11.5 Å². The Kier molecular flexibility index (Phi) is 5.73. The van der Waals surface area contributed by atoms with Gasteiger partial charge >= 0.3 is 5.69 Å². The van der Waals surface area contributed by atoms with Crippen molar-refractivity contribution >= 4 is 23.1 Å². The van der Waals surface area contributed by atoms with Crippen molar-refractivity contribution in [2.75, 3.05) is 25.6 Å². The molecule has 0 atom stereocenters. The van der Waals surface area contributed by atoms with Crippen LogP contribution in [0.2, 0.25) is 5.15 Å². The van der Waals surface area contributed by atoms with E-state index in [1.807, 2.05) is 6.92 Å². The fourth-order valence-corrected chi connectivity index (χ4v) is 1.59. The number of aromatic nitrogens is 2. The van der Waals surface area contributed by atoms with Crippen LogP contribution >= 0.6 is 11.6 Å². The minimum Gasteiger partial charge on any atom is -0.385 e. The summed E-state index contributed by atoms with van der Waals surface area (Å²) >= 11 is 5.79. The van der Waals surface area contributed by atoms with Gasteiger partial charge in [-0.1, -0.05) is 18.5 Å². The molecule has 0 amide bonds. The van der Waals surface area contributed by atoms with Crippen molar-refractivity contribution in [3.63, 3.8) is 0 Å². The Hall–Kier alpha value is -1.47. The molecule has 0 saturated carbocycles. The van der Waals surface area contributed by atoms with E-state index in [9.17, 15) is 10.1 Å². The van der Waals surface area contributed by atoms with Crippen LogP contribution in [-0.2, 0) is 11.2 Å². The number of ether oxygens (including phenoxy) is 1. The van der Waals surface area contributed by atoms with Gasteiger partial charge in [-0.25, -0.2) is 9.97 Å².